The number of aliphatic hydroxyl groups is 5. The van der Waals surface area contributed by atoms with Gasteiger partial charge in [-0.25, -0.2) is 4.79 Å². The van der Waals surface area contributed by atoms with Crippen molar-refractivity contribution >= 4 is 35.3 Å². The number of esters is 1. The van der Waals surface area contributed by atoms with Gasteiger partial charge >= 0.3 is 11.7 Å². The van der Waals surface area contributed by atoms with Gasteiger partial charge in [0.15, 0.2) is 24.2 Å². The number of aromatic nitrogens is 2. The number of hydrogen-bond donors (Lipinski definition) is 10. The lowest BCUT2D eigenvalue weighted by atomic mass is 10.0. The summed E-state index contributed by atoms with van der Waals surface area (Å²) >= 11 is 0. The molecule has 2 aliphatic rings. The summed E-state index contributed by atoms with van der Waals surface area (Å²) in [5, 5.41) is 59.4. The summed E-state index contributed by atoms with van der Waals surface area (Å²) in [7, 11) is 2.27. The molecule has 1 saturated heterocycles. The molecule has 2 aromatic rings. The largest absolute Gasteiger partial charge is 0.468 e. The molecule has 1 aromatic heterocycles. The highest BCUT2D eigenvalue weighted by Crippen LogP contribution is 2.34. The molecular formula is C32H38N6O17. The van der Waals surface area contributed by atoms with Crippen LogP contribution in [0.4, 0.5) is 5.69 Å². The average Bonchev–Trinajstić information content (AvgIpc) is 3.48. The minimum absolute atomic E-state index is 0.0272. The van der Waals surface area contributed by atoms with Crippen LogP contribution in [0.3, 0.4) is 0 Å². The first kappa shape index (κ1) is 42.0. The highest BCUT2D eigenvalue weighted by atomic mass is 16.7. The molecule has 298 valence electrons. The number of benzene rings is 1. The fraction of sp³-hybridized carbons (Fsp3) is 0.406. The molecule has 11 N–H and O–H groups in total. The van der Waals surface area contributed by atoms with E-state index in [1.165, 1.54) is 24.3 Å². The summed E-state index contributed by atoms with van der Waals surface area (Å²) in [4.78, 5) is 86.5. The first-order chi connectivity index (χ1) is 26.1. The number of primary amides is 1. The van der Waals surface area contributed by atoms with E-state index >= 15 is 0 Å². The van der Waals surface area contributed by atoms with Crippen LogP contribution in [-0.4, -0.2) is 134 Å². The van der Waals surface area contributed by atoms with Crippen molar-refractivity contribution in [3.63, 3.8) is 0 Å². The third-order valence-corrected chi connectivity index (χ3v) is 8.10. The number of carbonyl (C=O) groups excluding carboxylic acids is 5. The van der Waals surface area contributed by atoms with Gasteiger partial charge < -0.3 is 70.9 Å². The van der Waals surface area contributed by atoms with Gasteiger partial charge in [-0.1, -0.05) is 12.1 Å². The smallest absolute Gasteiger partial charge is 0.330 e. The van der Waals surface area contributed by atoms with E-state index in [2.05, 4.69) is 20.7 Å². The van der Waals surface area contributed by atoms with Gasteiger partial charge in [0, 0.05) is 37.3 Å². The maximum Gasteiger partial charge on any atom is 0.330 e. The van der Waals surface area contributed by atoms with Crippen LogP contribution in [-0.2, 0) is 47.7 Å². The van der Waals surface area contributed by atoms with Crippen LogP contribution in [0.5, 0.6) is 0 Å². The van der Waals surface area contributed by atoms with Crippen molar-refractivity contribution in [1.29, 1.82) is 0 Å². The van der Waals surface area contributed by atoms with E-state index in [-0.39, 0.29) is 11.3 Å². The maximum absolute atomic E-state index is 13.1. The number of nitrogens with one attached hydrogen (secondary N) is 4. The number of H-pyrrole nitrogens is 1. The Hall–Kier alpha value is -5.79. The molecule has 4 amide bonds. The lowest BCUT2D eigenvalue weighted by Gasteiger charge is -2.35. The molecule has 4 rings (SSSR count). The Kier molecular flexibility index (Phi) is 14.1. The molecule has 1 fully saturated rings. The van der Waals surface area contributed by atoms with Gasteiger partial charge in [-0.15, -0.1) is 0 Å². The lowest BCUT2D eigenvalue weighted by molar-refractivity contribution is -0.241. The van der Waals surface area contributed by atoms with Crippen LogP contribution >= 0.6 is 0 Å². The van der Waals surface area contributed by atoms with E-state index in [9.17, 15) is 59.1 Å². The summed E-state index contributed by atoms with van der Waals surface area (Å²) < 4.78 is 27.3. The zero-order valence-electron chi connectivity index (χ0n) is 28.8. The molecule has 0 bridgehead atoms. The van der Waals surface area contributed by atoms with Crippen molar-refractivity contribution in [2.75, 3.05) is 26.1 Å². The number of methoxy groups -OCH3 is 2. The summed E-state index contributed by atoms with van der Waals surface area (Å²) in [6, 6.07) is 6.03. The van der Waals surface area contributed by atoms with Gasteiger partial charge in [-0.2, -0.15) is 0 Å². The molecule has 0 spiro atoms. The zero-order valence-corrected chi connectivity index (χ0v) is 28.8. The number of aromatic amines is 1. The van der Waals surface area contributed by atoms with Crippen LogP contribution in [0.2, 0.25) is 0 Å². The SMILES string of the molecule is COC(=O)CNC(=O)/C=C/NC(=O)C(O)C(O)c1ccc(NC(=O)C2=CC(O)C(O)C(OC(C(N)=O)[C@H]3O[C@@H](n4ccc(=O)[nH]c4=O)[C@H](O)[C@@H]3OC)O2)cc1. The molecule has 2 aliphatic heterocycles. The van der Waals surface area contributed by atoms with Crippen LogP contribution in [0.15, 0.2) is 70.2 Å². The fourth-order valence-electron chi connectivity index (χ4n) is 5.24. The van der Waals surface area contributed by atoms with Crippen molar-refractivity contribution in [3.05, 3.63) is 87.0 Å². The Morgan fingerprint density at radius 1 is 1.04 bits per heavy atom. The van der Waals surface area contributed by atoms with E-state index in [0.29, 0.717) is 0 Å². The molecule has 0 radical (unpaired) electrons. The second-order valence-electron chi connectivity index (χ2n) is 11.8. The normalized spacial score (nSPS) is 25.1. The third kappa shape index (κ3) is 10.3. The van der Waals surface area contributed by atoms with Crippen LogP contribution in [0.25, 0.3) is 0 Å². The maximum atomic E-state index is 13.1. The Labute approximate surface area is 308 Å². The minimum atomic E-state index is -2.01. The number of anilines is 1. The predicted octanol–water partition coefficient (Wildman–Crippen LogP) is -5.41. The van der Waals surface area contributed by atoms with E-state index in [1.807, 2.05) is 4.98 Å². The predicted molar refractivity (Wildman–Crippen MR) is 179 cm³/mol. The number of hydrogen-bond acceptors (Lipinski definition) is 17. The first-order valence-electron chi connectivity index (χ1n) is 16.0. The Bertz CT molecular complexity index is 1910. The summed E-state index contributed by atoms with van der Waals surface area (Å²) in [6.45, 7) is -0.416. The number of carbonyl (C=O) groups is 5. The molecule has 0 saturated carbocycles. The standard InChI is InChI=1S/C32H38N6O17/c1-51-19(42)12-35-17(40)7-9-34-29(49)22(45)20(43)13-3-5-14(6-4-13)36-28(48)16-11-15(39)21(44)31(53-16)55-26(27(33)47)25-24(52-2)23(46)30(54-25)38-10-8-18(41)37-32(38)50/h3-11,15,20-26,30-31,39,43-46H,12H2,1-2H3,(H2,33,47)(H,34,49)(H,35,40)(H,36,48)(H,37,41,50)/b9-7+/t15?,20?,21?,22?,23-,24+,25+,26?,30-,31?/m1/s1. The third-order valence-electron chi connectivity index (χ3n) is 8.10. The Balaban J connectivity index is 1.38. The lowest BCUT2D eigenvalue weighted by Crippen LogP contribution is -2.53. The molecule has 23 nitrogen and oxygen atoms in total. The highest BCUT2D eigenvalue weighted by Gasteiger charge is 2.52. The number of nitrogens with zero attached hydrogens (tertiary/aromatic N) is 1. The first-order valence-corrected chi connectivity index (χ1v) is 16.0. The van der Waals surface area contributed by atoms with Crippen LogP contribution in [0.1, 0.15) is 17.9 Å². The second-order valence-corrected chi connectivity index (χ2v) is 11.8. The van der Waals surface area contributed by atoms with Gasteiger partial charge in [0.25, 0.3) is 17.4 Å². The van der Waals surface area contributed by atoms with E-state index < -0.39 is 115 Å². The zero-order chi connectivity index (χ0) is 40.6. The van der Waals surface area contributed by atoms with Gasteiger partial charge in [-0.05, 0) is 23.8 Å². The number of aliphatic hydroxyl groups excluding tert-OH is 5. The van der Waals surface area contributed by atoms with Gasteiger partial charge in [0.05, 0.1) is 7.11 Å². The van der Waals surface area contributed by atoms with Crippen molar-refractivity contribution < 1.29 is 73.2 Å². The van der Waals surface area contributed by atoms with Crippen LogP contribution < -0.4 is 32.9 Å². The number of nitrogens with two attached hydrogens (primary N) is 1. The second kappa shape index (κ2) is 18.5. The topological polar surface area (TPSA) is 350 Å². The van der Waals surface area contributed by atoms with Crippen molar-refractivity contribution in [3.8, 4) is 0 Å². The summed E-state index contributed by atoms with van der Waals surface area (Å²) in [5.41, 5.74) is 3.97. The highest BCUT2D eigenvalue weighted by molar-refractivity contribution is 6.02. The van der Waals surface area contributed by atoms with Crippen molar-refractivity contribution in [2.45, 2.75) is 61.3 Å². The van der Waals surface area contributed by atoms with E-state index in [4.69, 9.17) is 24.7 Å². The van der Waals surface area contributed by atoms with Gasteiger partial charge in [0.1, 0.15) is 43.2 Å². The number of amides is 4. The molecule has 6 unspecified atom stereocenters. The minimum Gasteiger partial charge on any atom is -0.468 e. The van der Waals surface area contributed by atoms with E-state index in [1.54, 1.807) is 0 Å². The Morgan fingerprint density at radius 2 is 1.73 bits per heavy atom. The molecule has 0 aliphatic carbocycles. The summed E-state index contributed by atoms with van der Waals surface area (Å²) in [6.07, 6.45) is -13.7. The van der Waals surface area contributed by atoms with Crippen molar-refractivity contribution in [2.24, 2.45) is 5.73 Å². The molecule has 3 heterocycles. The monoisotopic (exact) mass is 778 g/mol. The fourth-order valence-corrected chi connectivity index (χ4v) is 5.24. The number of rotatable bonds is 15. The molecule has 55 heavy (non-hydrogen) atoms. The van der Waals surface area contributed by atoms with Gasteiger partial charge in [0.2, 0.25) is 18.1 Å². The molecule has 1 aromatic carbocycles. The quantitative estimate of drug-likeness (QED) is 0.0596. The van der Waals surface area contributed by atoms with E-state index in [0.717, 1.165) is 49.4 Å². The number of ether oxygens (including phenoxy) is 5. The van der Waals surface area contributed by atoms with Crippen LogP contribution in [0, 0.1) is 0 Å². The summed E-state index contributed by atoms with van der Waals surface area (Å²) in [5.74, 6) is -5.36. The van der Waals surface area contributed by atoms with Gasteiger partial charge in [-0.3, -0.25) is 38.3 Å². The molecule has 23 heteroatoms. The van der Waals surface area contributed by atoms with Crippen molar-refractivity contribution in [1.82, 2.24) is 20.2 Å². The average molecular weight is 779 g/mol. The Morgan fingerprint density at radius 3 is 2.35 bits per heavy atom. The molecular weight excluding hydrogens is 740 g/mol. The molecule has 10 atom stereocenters.